The summed E-state index contributed by atoms with van der Waals surface area (Å²) in [5, 5.41) is 4.51. The minimum atomic E-state index is 0.374. The molecule has 0 aliphatic heterocycles. The van der Waals surface area contributed by atoms with Crippen molar-refractivity contribution in [3.05, 3.63) is 28.6 Å². The number of rotatable bonds is 2. The Balaban J connectivity index is 2.05. The van der Waals surface area contributed by atoms with E-state index in [0.29, 0.717) is 22.3 Å². The predicted molar refractivity (Wildman–Crippen MR) is 75.5 cm³/mol. The Morgan fingerprint density at radius 1 is 1.37 bits per heavy atom. The molecule has 0 saturated carbocycles. The van der Waals surface area contributed by atoms with Crippen LogP contribution in [0.3, 0.4) is 0 Å². The molecule has 0 amide bonds. The number of anilines is 1. The second-order valence-corrected chi connectivity index (χ2v) is 5.54. The van der Waals surface area contributed by atoms with Gasteiger partial charge in [-0.1, -0.05) is 5.16 Å². The summed E-state index contributed by atoms with van der Waals surface area (Å²) in [4.78, 5) is 8.40. The zero-order chi connectivity index (χ0) is 13.4. The molecule has 2 N–H and O–H groups in total. The fourth-order valence-corrected chi connectivity index (χ4v) is 2.64. The number of aryl methyl sites for hydroxylation is 1. The molecule has 0 atom stereocenters. The van der Waals surface area contributed by atoms with Crippen LogP contribution in [0.2, 0.25) is 0 Å². The van der Waals surface area contributed by atoms with Crippen molar-refractivity contribution in [3.8, 4) is 22.8 Å². The van der Waals surface area contributed by atoms with Crippen molar-refractivity contribution in [2.24, 2.45) is 0 Å². The maximum absolute atomic E-state index is 5.85. The second-order valence-electron chi connectivity index (χ2n) is 3.82. The van der Waals surface area contributed by atoms with E-state index < -0.39 is 0 Å². The lowest BCUT2D eigenvalue weighted by molar-refractivity contribution is 0.432. The fourth-order valence-electron chi connectivity index (χ4n) is 1.62. The third kappa shape index (κ3) is 2.24. The molecule has 3 aromatic heterocycles. The molecule has 0 radical (unpaired) electrons. The highest BCUT2D eigenvalue weighted by Crippen LogP contribution is 2.32. The molecule has 0 fully saturated rings. The van der Waals surface area contributed by atoms with Crippen LogP contribution in [-0.4, -0.2) is 19.5 Å². The number of hydrogen-bond donors (Lipinski definition) is 1. The average molecular weight is 338 g/mol. The molecule has 3 rings (SSSR count). The number of nitrogen functional groups attached to an aromatic ring is 1. The Labute approximate surface area is 121 Å². The molecule has 0 spiro atoms. The van der Waals surface area contributed by atoms with Gasteiger partial charge in [0.1, 0.15) is 5.00 Å². The normalized spacial score (nSPS) is 10.8. The van der Waals surface area contributed by atoms with Crippen molar-refractivity contribution in [3.63, 3.8) is 0 Å². The van der Waals surface area contributed by atoms with Crippen molar-refractivity contribution in [2.75, 3.05) is 5.73 Å². The van der Waals surface area contributed by atoms with Crippen molar-refractivity contribution < 1.29 is 4.52 Å². The zero-order valence-corrected chi connectivity index (χ0v) is 12.2. The van der Waals surface area contributed by atoms with Gasteiger partial charge in [0.15, 0.2) is 0 Å². The van der Waals surface area contributed by atoms with Gasteiger partial charge in [0.25, 0.3) is 5.89 Å². The first kappa shape index (κ1) is 12.2. The molecule has 96 valence electrons. The summed E-state index contributed by atoms with van der Waals surface area (Å²) < 4.78 is 10.3. The summed E-state index contributed by atoms with van der Waals surface area (Å²) in [7, 11) is 0. The van der Waals surface area contributed by atoms with E-state index in [0.717, 1.165) is 15.7 Å². The van der Waals surface area contributed by atoms with E-state index in [9.17, 15) is 0 Å². The number of nitrogens with zero attached hydrogens (tertiary/aromatic N) is 4. The molecular weight excluding hydrogens is 330 g/mol. The van der Waals surface area contributed by atoms with Gasteiger partial charge in [-0.2, -0.15) is 9.36 Å². The molecule has 0 aliphatic rings. The van der Waals surface area contributed by atoms with Crippen LogP contribution >= 0.6 is 27.5 Å². The van der Waals surface area contributed by atoms with Crippen molar-refractivity contribution in [1.29, 1.82) is 0 Å². The number of pyridine rings is 1. The minimum Gasteiger partial charge on any atom is -0.389 e. The maximum Gasteiger partial charge on any atom is 0.263 e. The maximum atomic E-state index is 5.85. The second kappa shape index (κ2) is 4.71. The smallest absolute Gasteiger partial charge is 0.263 e. The summed E-state index contributed by atoms with van der Waals surface area (Å²) >= 11 is 4.56. The Kier molecular flexibility index (Phi) is 3.03. The van der Waals surface area contributed by atoms with Gasteiger partial charge >= 0.3 is 0 Å². The van der Waals surface area contributed by atoms with Crippen LogP contribution in [-0.2, 0) is 0 Å². The Morgan fingerprint density at radius 2 is 2.21 bits per heavy atom. The highest BCUT2D eigenvalue weighted by Gasteiger charge is 2.18. The van der Waals surface area contributed by atoms with Crippen LogP contribution in [0, 0.1) is 6.92 Å². The molecule has 0 bridgehead atoms. The van der Waals surface area contributed by atoms with E-state index in [1.165, 1.54) is 11.5 Å². The standard InChI is InChI=1S/C11H8BrN5OS/c1-5-8(9(13)19-17-5)11-15-10(16-18-11)6-2-7(12)4-14-3-6/h2-4H,13H2,1H3. The monoisotopic (exact) mass is 337 g/mol. The number of nitrogens with two attached hydrogens (primary N) is 1. The van der Waals surface area contributed by atoms with Crippen LogP contribution in [0.5, 0.6) is 0 Å². The minimum absolute atomic E-state index is 0.374. The first-order valence-corrected chi connectivity index (χ1v) is 6.88. The molecule has 19 heavy (non-hydrogen) atoms. The Bertz CT molecular complexity index is 719. The third-order valence-electron chi connectivity index (χ3n) is 2.49. The molecule has 0 aromatic carbocycles. The van der Waals surface area contributed by atoms with E-state index in [1.54, 1.807) is 12.4 Å². The van der Waals surface area contributed by atoms with Crippen LogP contribution < -0.4 is 5.73 Å². The van der Waals surface area contributed by atoms with Crippen molar-refractivity contribution in [1.82, 2.24) is 19.5 Å². The highest BCUT2D eigenvalue weighted by atomic mass is 79.9. The topological polar surface area (TPSA) is 90.7 Å². The van der Waals surface area contributed by atoms with Crippen molar-refractivity contribution in [2.45, 2.75) is 6.92 Å². The number of hydrogen-bond acceptors (Lipinski definition) is 7. The summed E-state index contributed by atoms with van der Waals surface area (Å²) in [5.41, 5.74) is 8.10. The fraction of sp³-hybridized carbons (Fsp3) is 0.0909. The first-order chi connectivity index (χ1) is 9.15. The predicted octanol–water partition coefficient (Wildman–Crippen LogP) is 2.91. The van der Waals surface area contributed by atoms with E-state index >= 15 is 0 Å². The molecule has 0 aliphatic carbocycles. The van der Waals surface area contributed by atoms with Crippen LogP contribution in [0.25, 0.3) is 22.8 Å². The molecule has 3 aromatic rings. The SMILES string of the molecule is Cc1nsc(N)c1-c1nc(-c2cncc(Br)c2)no1. The van der Waals surface area contributed by atoms with Crippen LogP contribution in [0.1, 0.15) is 5.69 Å². The Hall–Kier alpha value is -1.80. The van der Waals surface area contributed by atoms with Gasteiger partial charge in [-0.3, -0.25) is 4.98 Å². The van der Waals surface area contributed by atoms with Gasteiger partial charge in [0.2, 0.25) is 5.82 Å². The average Bonchev–Trinajstić information content (AvgIpc) is 2.97. The van der Waals surface area contributed by atoms with E-state index in [2.05, 4.69) is 35.4 Å². The van der Waals surface area contributed by atoms with Gasteiger partial charge in [0, 0.05) is 22.4 Å². The van der Waals surface area contributed by atoms with Gasteiger partial charge in [-0.05, 0) is 40.5 Å². The van der Waals surface area contributed by atoms with Gasteiger partial charge in [-0.15, -0.1) is 0 Å². The summed E-state index contributed by atoms with van der Waals surface area (Å²) in [6, 6.07) is 1.86. The quantitative estimate of drug-likeness (QED) is 0.773. The van der Waals surface area contributed by atoms with E-state index in [-0.39, 0.29) is 0 Å². The highest BCUT2D eigenvalue weighted by molar-refractivity contribution is 9.10. The third-order valence-corrected chi connectivity index (χ3v) is 3.69. The lowest BCUT2D eigenvalue weighted by atomic mass is 10.2. The Morgan fingerprint density at radius 3 is 2.89 bits per heavy atom. The van der Waals surface area contributed by atoms with Crippen LogP contribution in [0.4, 0.5) is 5.00 Å². The summed E-state index contributed by atoms with van der Waals surface area (Å²) in [5.74, 6) is 0.840. The molecule has 3 heterocycles. The van der Waals surface area contributed by atoms with Crippen molar-refractivity contribution >= 4 is 32.5 Å². The zero-order valence-electron chi connectivity index (χ0n) is 9.79. The summed E-state index contributed by atoms with van der Waals surface area (Å²) in [6.07, 6.45) is 3.36. The lowest BCUT2D eigenvalue weighted by Crippen LogP contribution is -1.87. The first-order valence-electron chi connectivity index (χ1n) is 5.32. The summed E-state index contributed by atoms with van der Waals surface area (Å²) in [6.45, 7) is 1.85. The molecule has 6 nitrogen and oxygen atoms in total. The van der Waals surface area contributed by atoms with Gasteiger partial charge in [0.05, 0.1) is 11.3 Å². The number of halogens is 1. The molecule has 8 heteroatoms. The van der Waals surface area contributed by atoms with E-state index in [4.69, 9.17) is 10.3 Å². The molecular formula is C11H8BrN5OS. The van der Waals surface area contributed by atoms with E-state index in [1.807, 2.05) is 13.0 Å². The number of aromatic nitrogens is 4. The largest absolute Gasteiger partial charge is 0.389 e. The lowest BCUT2D eigenvalue weighted by Gasteiger charge is -1.94. The molecule has 0 unspecified atom stereocenters. The molecule has 0 saturated heterocycles. The van der Waals surface area contributed by atoms with Gasteiger partial charge < -0.3 is 10.3 Å². The van der Waals surface area contributed by atoms with Crippen LogP contribution in [0.15, 0.2) is 27.5 Å². The van der Waals surface area contributed by atoms with Gasteiger partial charge in [-0.25, -0.2) is 0 Å².